The van der Waals surface area contributed by atoms with Gasteiger partial charge in [0.25, 0.3) is 5.56 Å². The van der Waals surface area contributed by atoms with E-state index in [1.54, 1.807) is 17.9 Å². The third-order valence-corrected chi connectivity index (χ3v) is 5.55. The molecule has 3 heterocycles. The first kappa shape index (κ1) is 16.0. The Hall–Kier alpha value is -2.48. The summed E-state index contributed by atoms with van der Waals surface area (Å²) < 4.78 is 7.70. The summed E-state index contributed by atoms with van der Waals surface area (Å²) in [6, 6.07) is 7.21. The molecule has 1 amide bonds. The first-order chi connectivity index (χ1) is 12.1. The average molecular weight is 358 g/mol. The molecule has 0 saturated carbocycles. The van der Waals surface area contributed by atoms with Crippen molar-refractivity contribution in [3.05, 3.63) is 46.3 Å². The van der Waals surface area contributed by atoms with Crippen LogP contribution in [0.2, 0.25) is 0 Å². The van der Waals surface area contributed by atoms with Crippen LogP contribution >= 0.6 is 11.5 Å². The second-order valence-corrected chi connectivity index (χ2v) is 7.27. The first-order valence-corrected chi connectivity index (χ1v) is 9.09. The summed E-state index contributed by atoms with van der Waals surface area (Å²) in [4.78, 5) is 31.4. The highest BCUT2D eigenvalue weighted by molar-refractivity contribution is 7.13. The number of fused-ring (bicyclic) bond motifs is 1. The van der Waals surface area contributed by atoms with Gasteiger partial charge < -0.3 is 9.42 Å². The molecule has 0 radical (unpaired) electrons. The van der Waals surface area contributed by atoms with Crippen molar-refractivity contribution in [2.45, 2.75) is 38.8 Å². The van der Waals surface area contributed by atoms with Crippen LogP contribution in [0.5, 0.6) is 0 Å². The van der Waals surface area contributed by atoms with Gasteiger partial charge in [-0.3, -0.25) is 13.5 Å². The van der Waals surface area contributed by atoms with E-state index in [2.05, 4.69) is 10.1 Å². The molecule has 4 rings (SSSR count). The van der Waals surface area contributed by atoms with Gasteiger partial charge in [0.1, 0.15) is 12.6 Å². The van der Waals surface area contributed by atoms with Crippen molar-refractivity contribution in [1.82, 2.24) is 19.0 Å². The fourth-order valence-electron chi connectivity index (χ4n) is 3.27. The van der Waals surface area contributed by atoms with Gasteiger partial charge in [-0.15, -0.1) is 0 Å². The van der Waals surface area contributed by atoms with E-state index < -0.39 is 0 Å². The van der Waals surface area contributed by atoms with Gasteiger partial charge in [0.15, 0.2) is 5.82 Å². The van der Waals surface area contributed by atoms with E-state index in [4.69, 9.17) is 4.52 Å². The van der Waals surface area contributed by atoms with Crippen LogP contribution in [0.15, 0.2) is 33.6 Å². The monoisotopic (exact) mass is 358 g/mol. The predicted molar refractivity (Wildman–Crippen MR) is 93.4 cm³/mol. The average Bonchev–Trinajstić information content (AvgIpc) is 3.19. The number of nitrogens with zero attached hydrogens (tertiary/aromatic N) is 4. The molecular formula is C17H18N4O3S. The zero-order valence-corrected chi connectivity index (χ0v) is 14.7. The first-order valence-electron chi connectivity index (χ1n) is 8.32. The van der Waals surface area contributed by atoms with Crippen LogP contribution < -0.4 is 5.56 Å². The summed E-state index contributed by atoms with van der Waals surface area (Å²) in [5, 5.41) is 4.49. The van der Waals surface area contributed by atoms with Gasteiger partial charge in [-0.25, -0.2) is 0 Å². The van der Waals surface area contributed by atoms with Crippen molar-refractivity contribution in [1.29, 1.82) is 0 Å². The molecule has 3 aromatic rings. The smallest absolute Gasteiger partial charge is 0.268 e. The van der Waals surface area contributed by atoms with Crippen molar-refractivity contribution in [3.63, 3.8) is 0 Å². The lowest BCUT2D eigenvalue weighted by atomic mass is 10.0. The Balaban J connectivity index is 1.60. The highest BCUT2D eigenvalue weighted by atomic mass is 32.1. The van der Waals surface area contributed by atoms with Crippen LogP contribution in [0.1, 0.15) is 37.0 Å². The Kier molecular flexibility index (Phi) is 4.12. The summed E-state index contributed by atoms with van der Waals surface area (Å²) in [5.41, 5.74) is -0.115. The van der Waals surface area contributed by atoms with Crippen LogP contribution in [0, 0.1) is 6.92 Å². The molecule has 25 heavy (non-hydrogen) atoms. The molecule has 0 N–H and O–H groups in total. The molecule has 0 spiro atoms. The second kappa shape index (κ2) is 6.44. The van der Waals surface area contributed by atoms with Crippen molar-refractivity contribution in [2.75, 3.05) is 6.54 Å². The maximum absolute atomic E-state index is 12.9. The third kappa shape index (κ3) is 2.97. The van der Waals surface area contributed by atoms with E-state index >= 15 is 0 Å². The lowest BCUT2D eigenvalue weighted by Crippen LogP contribution is -2.41. The Morgan fingerprint density at radius 1 is 1.36 bits per heavy atom. The quantitative estimate of drug-likeness (QED) is 0.718. The normalized spacial score (nSPS) is 18.0. The molecule has 1 aromatic carbocycles. The SMILES string of the molecule is Cc1noc(C2CCCCN2C(=O)Cn2sc3ccccc3c2=O)n1. The summed E-state index contributed by atoms with van der Waals surface area (Å²) in [5.74, 6) is 0.956. The van der Waals surface area contributed by atoms with Gasteiger partial charge in [-0.2, -0.15) is 4.98 Å². The number of carbonyl (C=O) groups excluding carboxylic acids is 1. The second-order valence-electron chi connectivity index (χ2n) is 6.21. The number of benzene rings is 1. The van der Waals surface area contributed by atoms with Gasteiger partial charge in [0.05, 0.1) is 10.1 Å². The van der Waals surface area contributed by atoms with E-state index in [-0.39, 0.29) is 24.1 Å². The Morgan fingerprint density at radius 2 is 2.20 bits per heavy atom. The molecule has 1 fully saturated rings. The highest BCUT2D eigenvalue weighted by Crippen LogP contribution is 2.30. The van der Waals surface area contributed by atoms with Gasteiger partial charge in [-0.05, 0) is 38.3 Å². The number of piperidine rings is 1. The molecule has 1 unspecified atom stereocenters. The number of aromatic nitrogens is 3. The number of aryl methyl sites for hydroxylation is 1. The van der Waals surface area contributed by atoms with E-state index in [0.717, 1.165) is 24.0 Å². The van der Waals surface area contributed by atoms with Crippen LogP contribution in [-0.4, -0.2) is 31.4 Å². The van der Waals surface area contributed by atoms with E-state index in [1.807, 2.05) is 18.2 Å². The molecule has 1 saturated heterocycles. The fourth-order valence-corrected chi connectivity index (χ4v) is 4.26. The lowest BCUT2D eigenvalue weighted by molar-refractivity contribution is -0.136. The molecule has 1 atom stereocenters. The van der Waals surface area contributed by atoms with E-state index in [1.165, 1.54) is 15.5 Å². The molecule has 0 aliphatic carbocycles. The van der Waals surface area contributed by atoms with Gasteiger partial charge >= 0.3 is 0 Å². The van der Waals surface area contributed by atoms with Crippen LogP contribution in [-0.2, 0) is 11.3 Å². The minimum absolute atomic E-state index is 0.0435. The van der Waals surface area contributed by atoms with Gasteiger partial charge in [0, 0.05) is 6.54 Å². The summed E-state index contributed by atoms with van der Waals surface area (Å²) in [6.45, 7) is 2.45. The Bertz CT molecular complexity index is 974. The van der Waals surface area contributed by atoms with E-state index in [9.17, 15) is 9.59 Å². The maximum atomic E-state index is 12.9. The standard InChI is InChI=1S/C17H18N4O3S/c1-11-18-16(24-19-11)13-7-4-5-9-20(13)15(22)10-21-17(23)12-6-2-3-8-14(12)25-21/h2-3,6,8,13H,4-5,7,9-10H2,1H3. The summed E-state index contributed by atoms with van der Waals surface area (Å²) in [7, 11) is 0. The van der Waals surface area contributed by atoms with Crippen LogP contribution in [0.3, 0.4) is 0 Å². The maximum Gasteiger partial charge on any atom is 0.268 e. The predicted octanol–water partition coefficient (Wildman–Crippen LogP) is 2.51. The largest absolute Gasteiger partial charge is 0.337 e. The number of carbonyl (C=O) groups is 1. The van der Waals surface area contributed by atoms with Crippen molar-refractivity contribution in [3.8, 4) is 0 Å². The van der Waals surface area contributed by atoms with Gasteiger partial charge in [-0.1, -0.05) is 28.8 Å². The number of likely N-dealkylation sites (tertiary alicyclic amines) is 1. The Labute approximate surface area is 148 Å². The number of rotatable bonds is 3. The van der Waals surface area contributed by atoms with Gasteiger partial charge in [0.2, 0.25) is 11.8 Å². The number of hydrogen-bond acceptors (Lipinski definition) is 6. The van der Waals surface area contributed by atoms with Crippen LogP contribution in [0.25, 0.3) is 10.1 Å². The molecule has 2 aromatic heterocycles. The highest BCUT2D eigenvalue weighted by Gasteiger charge is 2.32. The van der Waals surface area contributed by atoms with Crippen molar-refractivity contribution >= 4 is 27.5 Å². The van der Waals surface area contributed by atoms with Crippen molar-refractivity contribution in [2.24, 2.45) is 0 Å². The van der Waals surface area contributed by atoms with Crippen molar-refractivity contribution < 1.29 is 9.32 Å². The molecular weight excluding hydrogens is 340 g/mol. The minimum Gasteiger partial charge on any atom is -0.337 e. The molecule has 0 bridgehead atoms. The van der Waals surface area contributed by atoms with E-state index in [0.29, 0.717) is 23.6 Å². The molecule has 1 aliphatic heterocycles. The zero-order valence-electron chi connectivity index (χ0n) is 13.8. The molecule has 130 valence electrons. The third-order valence-electron chi connectivity index (χ3n) is 4.48. The number of hydrogen-bond donors (Lipinski definition) is 0. The zero-order chi connectivity index (χ0) is 17.4. The molecule has 1 aliphatic rings. The summed E-state index contributed by atoms with van der Waals surface area (Å²) >= 11 is 1.32. The topological polar surface area (TPSA) is 81.2 Å². The lowest BCUT2D eigenvalue weighted by Gasteiger charge is -2.33. The fraction of sp³-hybridized carbons (Fsp3) is 0.412. The summed E-state index contributed by atoms with van der Waals surface area (Å²) in [6.07, 6.45) is 2.75. The molecule has 8 heteroatoms. The molecule has 7 nitrogen and oxygen atoms in total. The van der Waals surface area contributed by atoms with Crippen LogP contribution in [0.4, 0.5) is 0 Å². The minimum atomic E-state index is -0.201. The number of amides is 1. The Morgan fingerprint density at radius 3 is 2.96 bits per heavy atom.